The largest absolute Gasteiger partial charge is 0.398 e. The molecule has 0 bridgehead atoms. The molecule has 0 unspecified atom stereocenters. The Morgan fingerprint density at radius 3 is 2.29 bits per heavy atom. The molecule has 1 aromatic rings. The van der Waals surface area contributed by atoms with Crippen molar-refractivity contribution in [2.24, 2.45) is 0 Å². The Kier molecular flexibility index (Phi) is 7.23. The Hall–Kier alpha value is -1.55. The molecule has 1 aromatic carbocycles. The maximum Gasteiger partial charge on any atom is 0.161 e. The monoisotopic (exact) mass is 291 g/mol. The van der Waals surface area contributed by atoms with E-state index in [1.54, 1.807) is 6.92 Å². The first-order valence-corrected chi connectivity index (χ1v) is 7.91. The highest BCUT2D eigenvalue weighted by Crippen LogP contribution is 2.22. The third-order valence-electron chi connectivity index (χ3n) is 3.96. The van der Waals surface area contributed by atoms with E-state index in [1.807, 2.05) is 18.2 Å². The zero-order valence-corrected chi connectivity index (χ0v) is 13.9. The molecule has 0 aliphatic rings. The second-order valence-corrected chi connectivity index (χ2v) is 5.29. The first kappa shape index (κ1) is 17.5. The Bertz CT molecular complexity index is 455. The van der Waals surface area contributed by atoms with E-state index in [0.717, 1.165) is 44.8 Å². The van der Waals surface area contributed by atoms with Gasteiger partial charge in [-0.3, -0.25) is 4.79 Å². The van der Waals surface area contributed by atoms with Crippen molar-refractivity contribution in [2.45, 2.75) is 34.1 Å². The zero-order valence-electron chi connectivity index (χ0n) is 13.9. The molecule has 0 fully saturated rings. The fourth-order valence-corrected chi connectivity index (χ4v) is 2.54. The SMILES string of the molecule is CCN(CC)CCCN(CC)c1ccc(N)c(C(C)=O)c1. The van der Waals surface area contributed by atoms with Gasteiger partial charge < -0.3 is 15.5 Å². The summed E-state index contributed by atoms with van der Waals surface area (Å²) in [5.74, 6) is 0.0218. The number of hydrogen-bond acceptors (Lipinski definition) is 4. The number of nitrogen functional groups attached to an aromatic ring is 1. The predicted molar refractivity (Wildman–Crippen MR) is 91.2 cm³/mol. The van der Waals surface area contributed by atoms with Crippen molar-refractivity contribution in [3.05, 3.63) is 23.8 Å². The van der Waals surface area contributed by atoms with Crippen LogP contribution in [0.15, 0.2) is 18.2 Å². The topological polar surface area (TPSA) is 49.6 Å². The number of benzene rings is 1. The average molecular weight is 291 g/mol. The van der Waals surface area contributed by atoms with Gasteiger partial charge in [0.2, 0.25) is 0 Å². The third kappa shape index (κ3) is 5.05. The van der Waals surface area contributed by atoms with E-state index in [0.29, 0.717) is 11.3 Å². The van der Waals surface area contributed by atoms with Crippen LogP contribution >= 0.6 is 0 Å². The van der Waals surface area contributed by atoms with Crippen molar-refractivity contribution in [1.29, 1.82) is 0 Å². The lowest BCUT2D eigenvalue weighted by atomic mass is 10.1. The lowest BCUT2D eigenvalue weighted by molar-refractivity contribution is 0.101. The molecule has 0 amide bonds. The summed E-state index contributed by atoms with van der Waals surface area (Å²) >= 11 is 0. The number of carbonyl (C=O) groups is 1. The second kappa shape index (κ2) is 8.67. The van der Waals surface area contributed by atoms with Crippen LogP contribution < -0.4 is 10.6 Å². The van der Waals surface area contributed by atoms with Gasteiger partial charge in [0.1, 0.15) is 0 Å². The van der Waals surface area contributed by atoms with Crippen LogP contribution in [0.1, 0.15) is 44.5 Å². The number of anilines is 2. The predicted octanol–water partition coefficient (Wildman–Crippen LogP) is 3.03. The van der Waals surface area contributed by atoms with Crippen LogP contribution in [0.25, 0.3) is 0 Å². The molecule has 2 N–H and O–H groups in total. The molecule has 0 spiro atoms. The number of carbonyl (C=O) groups excluding carboxylic acids is 1. The summed E-state index contributed by atoms with van der Waals surface area (Å²) in [6.45, 7) is 13.3. The lowest BCUT2D eigenvalue weighted by Crippen LogP contribution is -2.30. The van der Waals surface area contributed by atoms with Gasteiger partial charge in [0, 0.05) is 30.0 Å². The summed E-state index contributed by atoms with van der Waals surface area (Å²) in [4.78, 5) is 16.3. The minimum atomic E-state index is 0.0218. The quantitative estimate of drug-likeness (QED) is 0.561. The summed E-state index contributed by atoms with van der Waals surface area (Å²) < 4.78 is 0. The van der Waals surface area contributed by atoms with Gasteiger partial charge in [-0.15, -0.1) is 0 Å². The van der Waals surface area contributed by atoms with Gasteiger partial charge in [-0.05, 0) is 58.1 Å². The van der Waals surface area contributed by atoms with E-state index in [-0.39, 0.29) is 5.78 Å². The molecule has 0 aromatic heterocycles. The Balaban J connectivity index is 2.72. The van der Waals surface area contributed by atoms with Crippen molar-refractivity contribution in [1.82, 2.24) is 4.90 Å². The van der Waals surface area contributed by atoms with Gasteiger partial charge in [-0.2, -0.15) is 0 Å². The summed E-state index contributed by atoms with van der Waals surface area (Å²) in [6, 6.07) is 5.75. The summed E-state index contributed by atoms with van der Waals surface area (Å²) in [6.07, 6.45) is 1.12. The van der Waals surface area contributed by atoms with E-state index in [2.05, 4.69) is 30.6 Å². The average Bonchev–Trinajstić information content (AvgIpc) is 2.48. The molecular formula is C17H29N3O. The molecule has 4 heteroatoms. The maximum absolute atomic E-state index is 11.6. The normalized spacial score (nSPS) is 10.9. The van der Waals surface area contributed by atoms with Crippen LogP contribution in [-0.4, -0.2) is 43.4 Å². The van der Waals surface area contributed by atoms with E-state index in [9.17, 15) is 4.79 Å². The smallest absolute Gasteiger partial charge is 0.161 e. The maximum atomic E-state index is 11.6. The van der Waals surface area contributed by atoms with Gasteiger partial charge in [0.05, 0.1) is 0 Å². The zero-order chi connectivity index (χ0) is 15.8. The molecule has 0 radical (unpaired) electrons. The summed E-state index contributed by atoms with van der Waals surface area (Å²) in [7, 11) is 0. The molecule has 0 saturated heterocycles. The molecule has 0 heterocycles. The number of rotatable bonds is 9. The molecular weight excluding hydrogens is 262 g/mol. The van der Waals surface area contributed by atoms with Crippen molar-refractivity contribution in [2.75, 3.05) is 43.4 Å². The van der Waals surface area contributed by atoms with Gasteiger partial charge in [-0.25, -0.2) is 0 Å². The molecule has 21 heavy (non-hydrogen) atoms. The second-order valence-electron chi connectivity index (χ2n) is 5.29. The molecule has 4 nitrogen and oxygen atoms in total. The highest BCUT2D eigenvalue weighted by Gasteiger charge is 2.10. The Morgan fingerprint density at radius 2 is 1.76 bits per heavy atom. The highest BCUT2D eigenvalue weighted by atomic mass is 16.1. The first-order valence-electron chi connectivity index (χ1n) is 7.91. The molecule has 1 rings (SSSR count). The van der Waals surface area contributed by atoms with Crippen molar-refractivity contribution in [3.8, 4) is 0 Å². The van der Waals surface area contributed by atoms with E-state index >= 15 is 0 Å². The minimum Gasteiger partial charge on any atom is -0.398 e. The van der Waals surface area contributed by atoms with Crippen LogP contribution in [0.5, 0.6) is 0 Å². The Labute approximate surface area is 128 Å². The molecule has 0 aliphatic carbocycles. The number of nitrogens with two attached hydrogens (primary N) is 1. The Morgan fingerprint density at radius 1 is 1.10 bits per heavy atom. The van der Waals surface area contributed by atoms with Gasteiger partial charge in [0.15, 0.2) is 5.78 Å². The third-order valence-corrected chi connectivity index (χ3v) is 3.96. The van der Waals surface area contributed by atoms with Crippen LogP contribution in [0.3, 0.4) is 0 Å². The highest BCUT2D eigenvalue weighted by molar-refractivity contribution is 6.00. The first-order chi connectivity index (χ1) is 10.0. The molecule has 118 valence electrons. The molecule has 0 atom stereocenters. The van der Waals surface area contributed by atoms with Gasteiger partial charge in [-0.1, -0.05) is 13.8 Å². The fraction of sp³-hybridized carbons (Fsp3) is 0.588. The van der Waals surface area contributed by atoms with E-state index < -0.39 is 0 Å². The molecule has 0 aliphatic heterocycles. The van der Waals surface area contributed by atoms with E-state index in [4.69, 9.17) is 5.73 Å². The number of Topliss-reactive ketones (excluding diaryl/α,β-unsaturated/α-hetero) is 1. The lowest BCUT2D eigenvalue weighted by Gasteiger charge is -2.26. The standard InChI is InChI=1S/C17H29N3O/c1-5-19(6-2)11-8-12-20(7-3)15-9-10-17(18)16(13-15)14(4)21/h9-10,13H,5-8,11-12,18H2,1-4H3. The van der Waals surface area contributed by atoms with Crippen LogP contribution in [0.2, 0.25) is 0 Å². The van der Waals surface area contributed by atoms with Crippen molar-refractivity contribution in [3.63, 3.8) is 0 Å². The summed E-state index contributed by atoms with van der Waals surface area (Å²) in [5.41, 5.74) is 8.12. The van der Waals surface area contributed by atoms with Crippen molar-refractivity contribution < 1.29 is 4.79 Å². The minimum absolute atomic E-state index is 0.0218. The summed E-state index contributed by atoms with van der Waals surface area (Å²) in [5, 5.41) is 0. The van der Waals surface area contributed by atoms with Gasteiger partial charge >= 0.3 is 0 Å². The van der Waals surface area contributed by atoms with Crippen molar-refractivity contribution >= 4 is 17.2 Å². The number of ketones is 1. The molecule has 0 saturated carbocycles. The van der Waals surface area contributed by atoms with Crippen LogP contribution in [-0.2, 0) is 0 Å². The van der Waals surface area contributed by atoms with E-state index in [1.165, 1.54) is 0 Å². The number of hydrogen-bond donors (Lipinski definition) is 1. The van der Waals surface area contributed by atoms with Gasteiger partial charge in [0.25, 0.3) is 0 Å². The van der Waals surface area contributed by atoms with Crippen LogP contribution in [0.4, 0.5) is 11.4 Å². The number of nitrogens with zero attached hydrogens (tertiary/aromatic N) is 2. The van der Waals surface area contributed by atoms with Crippen LogP contribution in [0, 0.1) is 0 Å². The fourth-order valence-electron chi connectivity index (χ4n) is 2.54.